The summed E-state index contributed by atoms with van der Waals surface area (Å²) >= 11 is 0. The van der Waals surface area contributed by atoms with Crippen molar-refractivity contribution in [3.63, 3.8) is 0 Å². The van der Waals surface area contributed by atoms with E-state index >= 15 is 0 Å². The maximum Gasteiger partial charge on any atom is 0.243 e. The molecule has 0 amide bonds. The van der Waals surface area contributed by atoms with Crippen LogP contribution in [0.25, 0.3) is 5.65 Å². The van der Waals surface area contributed by atoms with E-state index in [-0.39, 0.29) is 0 Å². The molecule has 0 aromatic carbocycles. The highest BCUT2D eigenvalue weighted by Crippen LogP contribution is 2.16. The normalized spacial score (nSPS) is 18.0. The van der Waals surface area contributed by atoms with Gasteiger partial charge in [0.05, 0.1) is 0 Å². The van der Waals surface area contributed by atoms with Crippen molar-refractivity contribution in [2.24, 2.45) is 5.92 Å². The van der Waals surface area contributed by atoms with E-state index in [0.29, 0.717) is 0 Å². The molecule has 0 aliphatic carbocycles. The molecule has 3 rings (SSSR count). The Balaban J connectivity index is 1.62. The van der Waals surface area contributed by atoms with Crippen LogP contribution in [-0.4, -0.2) is 46.2 Å². The van der Waals surface area contributed by atoms with Crippen LogP contribution in [0.5, 0.6) is 0 Å². The highest BCUT2D eigenvalue weighted by Gasteiger charge is 2.16. The molecular weight excluding hydrogens is 238 g/mol. The quantitative estimate of drug-likeness (QED) is 0.913. The number of nitrogens with one attached hydrogen (secondary N) is 1. The zero-order valence-electron chi connectivity index (χ0n) is 11.6. The maximum atomic E-state index is 4.50. The van der Waals surface area contributed by atoms with Crippen molar-refractivity contribution in [3.05, 3.63) is 23.9 Å². The average molecular weight is 259 g/mol. The van der Waals surface area contributed by atoms with Gasteiger partial charge in [0.2, 0.25) is 5.95 Å². The summed E-state index contributed by atoms with van der Waals surface area (Å²) in [5.74, 6) is 1.48. The monoisotopic (exact) mass is 259 g/mol. The number of likely N-dealkylation sites (tertiary alicyclic amines) is 1. The Kier molecular flexibility index (Phi) is 3.38. The lowest BCUT2D eigenvalue weighted by atomic mass is 9.97. The van der Waals surface area contributed by atoms with Crippen molar-refractivity contribution >= 4 is 11.6 Å². The van der Waals surface area contributed by atoms with Gasteiger partial charge in [-0.1, -0.05) is 0 Å². The van der Waals surface area contributed by atoms with Crippen LogP contribution in [-0.2, 0) is 0 Å². The van der Waals surface area contributed by atoms with Crippen LogP contribution in [0.2, 0.25) is 0 Å². The SMILES string of the molecule is Cc1ccn2nc(NCC3CCN(C)CC3)nc2c1. The van der Waals surface area contributed by atoms with Crippen LogP contribution < -0.4 is 5.32 Å². The second-order valence-corrected chi connectivity index (χ2v) is 5.57. The minimum absolute atomic E-state index is 0.740. The van der Waals surface area contributed by atoms with Crippen molar-refractivity contribution in [2.45, 2.75) is 19.8 Å². The molecular formula is C14H21N5. The summed E-state index contributed by atoms with van der Waals surface area (Å²) in [6.07, 6.45) is 4.48. The maximum absolute atomic E-state index is 4.50. The van der Waals surface area contributed by atoms with Crippen molar-refractivity contribution in [1.82, 2.24) is 19.5 Å². The molecule has 0 unspecified atom stereocenters. The van der Waals surface area contributed by atoms with E-state index in [1.807, 2.05) is 22.8 Å². The van der Waals surface area contributed by atoms with Crippen LogP contribution >= 0.6 is 0 Å². The first-order valence-electron chi connectivity index (χ1n) is 6.96. The van der Waals surface area contributed by atoms with Gasteiger partial charge in [0.15, 0.2) is 5.65 Å². The molecule has 102 valence electrons. The van der Waals surface area contributed by atoms with Gasteiger partial charge >= 0.3 is 0 Å². The van der Waals surface area contributed by atoms with Gasteiger partial charge in [-0.15, -0.1) is 5.10 Å². The van der Waals surface area contributed by atoms with Gasteiger partial charge in [0.25, 0.3) is 0 Å². The standard InChI is InChI=1S/C14H21N5/c1-11-3-8-19-13(9-11)16-14(17-19)15-10-12-4-6-18(2)7-5-12/h3,8-9,12H,4-7,10H2,1-2H3,(H,15,17). The average Bonchev–Trinajstić information content (AvgIpc) is 2.80. The molecule has 2 aromatic heterocycles. The zero-order valence-corrected chi connectivity index (χ0v) is 11.6. The lowest BCUT2D eigenvalue weighted by Crippen LogP contribution is -2.33. The summed E-state index contributed by atoms with van der Waals surface area (Å²) in [4.78, 5) is 6.89. The lowest BCUT2D eigenvalue weighted by molar-refractivity contribution is 0.226. The lowest BCUT2D eigenvalue weighted by Gasteiger charge is -2.28. The number of piperidine rings is 1. The third-order valence-electron chi connectivity index (χ3n) is 3.88. The molecule has 1 aliphatic heterocycles. The van der Waals surface area contributed by atoms with Gasteiger partial charge in [0, 0.05) is 12.7 Å². The van der Waals surface area contributed by atoms with Crippen molar-refractivity contribution in [2.75, 3.05) is 32.0 Å². The molecule has 5 heteroatoms. The summed E-state index contributed by atoms with van der Waals surface area (Å²) in [5, 5.41) is 7.81. The molecule has 1 N–H and O–H groups in total. The van der Waals surface area contributed by atoms with Crippen molar-refractivity contribution in [1.29, 1.82) is 0 Å². The molecule has 0 atom stereocenters. The molecule has 0 radical (unpaired) electrons. The molecule has 0 saturated carbocycles. The van der Waals surface area contributed by atoms with Gasteiger partial charge < -0.3 is 10.2 Å². The van der Waals surface area contributed by atoms with Crippen LogP contribution in [0, 0.1) is 12.8 Å². The van der Waals surface area contributed by atoms with Crippen molar-refractivity contribution in [3.8, 4) is 0 Å². The Morgan fingerprint density at radius 1 is 1.37 bits per heavy atom. The minimum atomic E-state index is 0.740. The summed E-state index contributed by atoms with van der Waals surface area (Å²) in [6.45, 7) is 5.44. The van der Waals surface area contributed by atoms with E-state index in [1.54, 1.807) is 0 Å². The summed E-state index contributed by atoms with van der Waals surface area (Å²) in [7, 11) is 2.19. The Morgan fingerprint density at radius 2 is 2.16 bits per heavy atom. The summed E-state index contributed by atoms with van der Waals surface area (Å²) in [5.41, 5.74) is 2.12. The largest absolute Gasteiger partial charge is 0.353 e. The fourth-order valence-corrected chi connectivity index (χ4v) is 2.56. The minimum Gasteiger partial charge on any atom is -0.353 e. The second kappa shape index (κ2) is 5.17. The van der Waals surface area contributed by atoms with E-state index in [0.717, 1.165) is 24.1 Å². The first-order valence-corrected chi connectivity index (χ1v) is 6.96. The van der Waals surface area contributed by atoms with E-state index < -0.39 is 0 Å². The number of rotatable bonds is 3. The molecule has 0 spiro atoms. The zero-order chi connectivity index (χ0) is 13.2. The first-order chi connectivity index (χ1) is 9.20. The fourth-order valence-electron chi connectivity index (χ4n) is 2.56. The Hall–Kier alpha value is -1.62. The number of aromatic nitrogens is 3. The molecule has 0 bridgehead atoms. The second-order valence-electron chi connectivity index (χ2n) is 5.57. The molecule has 1 aliphatic rings. The number of aryl methyl sites for hydroxylation is 1. The molecule has 5 nitrogen and oxygen atoms in total. The Bertz CT molecular complexity index is 554. The van der Waals surface area contributed by atoms with Crippen molar-refractivity contribution < 1.29 is 0 Å². The van der Waals surface area contributed by atoms with Crippen LogP contribution in [0.1, 0.15) is 18.4 Å². The topological polar surface area (TPSA) is 45.5 Å². The van der Waals surface area contributed by atoms with Gasteiger partial charge in [-0.25, -0.2) is 4.52 Å². The molecule has 3 heterocycles. The van der Waals surface area contributed by atoms with E-state index in [2.05, 4.69) is 34.3 Å². The third-order valence-corrected chi connectivity index (χ3v) is 3.88. The van der Waals surface area contributed by atoms with E-state index in [4.69, 9.17) is 0 Å². The van der Waals surface area contributed by atoms with Gasteiger partial charge in [-0.2, -0.15) is 4.98 Å². The molecule has 1 saturated heterocycles. The Morgan fingerprint density at radius 3 is 2.95 bits per heavy atom. The van der Waals surface area contributed by atoms with Gasteiger partial charge in [0.1, 0.15) is 0 Å². The predicted molar refractivity (Wildman–Crippen MR) is 76.4 cm³/mol. The summed E-state index contributed by atoms with van der Waals surface area (Å²) in [6, 6.07) is 4.09. The number of fused-ring (bicyclic) bond motifs is 1. The molecule has 1 fully saturated rings. The number of hydrogen-bond donors (Lipinski definition) is 1. The van der Waals surface area contributed by atoms with Crippen LogP contribution in [0.3, 0.4) is 0 Å². The fraction of sp³-hybridized carbons (Fsp3) is 0.571. The number of hydrogen-bond acceptors (Lipinski definition) is 4. The molecule has 19 heavy (non-hydrogen) atoms. The Labute approximate surface area is 113 Å². The van der Waals surface area contributed by atoms with E-state index in [1.165, 1.54) is 31.5 Å². The number of pyridine rings is 1. The first kappa shape index (κ1) is 12.4. The smallest absolute Gasteiger partial charge is 0.243 e. The van der Waals surface area contributed by atoms with Crippen LogP contribution in [0.15, 0.2) is 18.3 Å². The third kappa shape index (κ3) is 2.87. The highest BCUT2D eigenvalue weighted by molar-refractivity contribution is 5.45. The number of nitrogens with zero attached hydrogens (tertiary/aromatic N) is 4. The molecule has 2 aromatic rings. The number of anilines is 1. The van der Waals surface area contributed by atoms with Crippen LogP contribution in [0.4, 0.5) is 5.95 Å². The van der Waals surface area contributed by atoms with E-state index in [9.17, 15) is 0 Å². The predicted octanol–water partition coefficient (Wildman–Crippen LogP) is 1.79. The van der Waals surface area contributed by atoms with Gasteiger partial charge in [-0.3, -0.25) is 0 Å². The summed E-state index contributed by atoms with van der Waals surface area (Å²) < 4.78 is 1.82. The van der Waals surface area contributed by atoms with Gasteiger partial charge in [-0.05, 0) is 63.5 Å². The highest BCUT2D eigenvalue weighted by atomic mass is 15.3.